The van der Waals surface area contributed by atoms with Crippen molar-refractivity contribution in [1.29, 1.82) is 0 Å². The monoisotopic (exact) mass is 383 g/mol. The first kappa shape index (κ1) is 19.6. The minimum absolute atomic E-state index is 0.166. The van der Waals surface area contributed by atoms with Crippen LogP contribution in [0.1, 0.15) is 34.6 Å². The van der Waals surface area contributed by atoms with Crippen LogP contribution in [0, 0.1) is 0 Å². The summed E-state index contributed by atoms with van der Waals surface area (Å²) in [6.45, 7) is 4.51. The lowest BCUT2D eigenvalue weighted by atomic mass is 10.1. The first-order valence-electron chi connectivity index (χ1n) is 9.02. The number of fused-ring (bicyclic) bond motifs is 1. The van der Waals surface area contributed by atoms with Crippen molar-refractivity contribution in [2.24, 2.45) is 0 Å². The number of imide groups is 1. The number of anilines is 1. The number of nitrogens with zero attached hydrogens (tertiary/aromatic N) is 1. The SMILES string of the molecule is CCOCCOC(=O)[C@H](C)Oc1ccc(N2C(=O)c3ccccc3C2=O)cc1. The molecule has 7 nitrogen and oxygen atoms in total. The van der Waals surface area contributed by atoms with Crippen LogP contribution >= 0.6 is 0 Å². The third-order valence-electron chi connectivity index (χ3n) is 4.21. The zero-order chi connectivity index (χ0) is 20.1. The number of amides is 2. The number of carbonyl (C=O) groups excluding carboxylic acids is 3. The minimum Gasteiger partial charge on any atom is -0.479 e. The molecule has 2 aromatic carbocycles. The summed E-state index contributed by atoms with van der Waals surface area (Å²) >= 11 is 0. The predicted molar refractivity (Wildman–Crippen MR) is 102 cm³/mol. The summed E-state index contributed by atoms with van der Waals surface area (Å²) in [6.07, 6.45) is -0.799. The van der Waals surface area contributed by atoms with Gasteiger partial charge >= 0.3 is 5.97 Å². The maximum Gasteiger partial charge on any atom is 0.347 e. The number of rotatable bonds is 8. The summed E-state index contributed by atoms with van der Waals surface area (Å²) in [5.41, 5.74) is 1.21. The second kappa shape index (κ2) is 8.67. The Labute approximate surface area is 162 Å². The van der Waals surface area contributed by atoms with Gasteiger partial charge in [-0.25, -0.2) is 9.69 Å². The van der Waals surface area contributed by atoms with Gasteiger partial charge in [0.05, 0.1) is 23.4 Å². The summed E-state index contributed by atoms with van der Waals surface area (Å²) in [5, 5.41) is 0. The lowest BCUT2D eigenvalue weighted by Crippen LogP contribution is -2.29. The number of benzene rings is 2. The Morgan fingerprint density at radius 2 is 1.57 bits per heavy atom. The Hall–Kier alpha value is -3.19. The molecule has 146 valence electrons. The van der Waals surface area contributed by atoms with E-state index in [1.165, 1.54) is 0 Å². The molecule has 3 rings (SSSR count). The molecule has 1 aliphatic rings. The smallest absolute Gasteiger partial charge is 0.347 e. The molecule has 28 heavy (non-hydrogen) atoms. The van der Waals surface area contributed by atoms with Crippen LogP contribution in [0.2, 0.25) is 0 Å². The van der Waals surface area contributed by atoms with Crippen molar-refractivity contribution in [2.75, 3.05) is 24.7 Å². The van der Waals surface area contributed by atoms with Crippen molar-refractivity contribution in [2.45, 2.75) is 20.0 Å². The van der Waals surface area contributed by atoms with Crippen LogP contribution < -0.4 is 9.64 Å². The Morgan fingerprint density at radius 3 is 2.14 bits per heavy atom. The predicted octanol–water partition coefficient (Wildman–Crippen LogP) is 2.83. The summed E-state index contributed by atoms with van der Waals surface area (Å²) in [4.78, 5) is 38.0. The maximum atomic E-state index is 12.5. The van der Waals surface area contributed by atoms with E-state index in [1.807, 2.05) is 6.92 Å². The fourth-order valence-electron chi connectivity index (χ4n) is 2.81. The zero-order valence-electron chi connectivity index (χ0n) is 15.7. The van der Waals surface area contributed by atoms with Gasteiger partial charge in [0.2, 0.25) is 0 Å². The number of esters is 1. The van der Waals surface area contributed by atoms with E-state index in [0.29, 0.717) is 35.8 Å². The summed E-state index contributed by atoms with van der Waals surface area (Å²) < 4.78 is 15.7. The second-order valence-electron chi connectivity index (χ2n) is 6.11. The van der Waals surface area contributed by atoms with Gasteiger partial charge in [0.15, 0.2) is 6.10 Å². The Balaban J connectivity index is 1.62. The van der Waals surface area contributed by atoms with E-state index in [9.17, 15) is 14.4 Å². The van der Waals surface area contributed by atoms with E-state index in [2.05, 4.69) is 0 Å². The van der Waals surface area contributed by atoms with Crippen molar-refractivity contribution in [1.82, 2.24) is 0 Å². The van der Waals surface area contributed by atoms with Crippen LogP contribution in [0.25, 0.3) is 0 Å². The van der Waals surface area contributed by atoms with Gasteiger partial charge in [-0.15, -0.1) is 0 Å². The third-order valence-corrected chi connectivity index (χ3v) is 4.21. The highest BCUT2D eigenvalue weighted by Crippen LogP contribution is 2.29. The first-order chi connectivity index (χ1) is 13.5. The maximum absolute atomic E-state index is 12.5. The third kappa shape index (κ3) is 4.04. The quantitative estimate of drug-likeness (QED) is 0.396. The van der Waals surface area contributed by atoms with E-state index in [0.717, 1.165) is 4.90 Å². The molecule has 0 aliphatic carbocycles. The van der Waals surface area contributed by atoms with Gasteiger partial charge in [0.25, 0.3) is 11.8 Å². The molecule has 0 saturated heterocycles. The largest absolute Gasteiger partial charge is 0.479 e. The van der Waals surface area contributed by atoms with Gasteiger partial charge in [0.1, 0.15) is 12.4 Å². The number of carbonyl (C=O) groups is 3. The van der Waals surface area contributed by atoms with Crippen molar-refractivity contribution in [3.63, 3.8) is 0 Å². The fourth-order valence-corrected chi connectivity index (χ4v) is 2.81. The molecule has 0 radical (unpaired) electrons. The normalized spacial score (nSPS) is 14.0. The number of ether oxygens (including phenoxy) is 3. The fraction of sp³-hybridized carbons (Fsp3) is 0.286. The molecule has 1 aliphatic heterocycles. The highest BCUT2D eigenvalue weighted by atomic mass is 16.6. The highest BCUT2D eigenvalue weighted by Gasteiger charge is 2.36. The van der Waals surface area contributed by atoms with Crippen LogP contribution in [0.15, 0.2) is 48.5 Å². The average molecular weight is 383 g/mol. The molecule has 0 N–H and O–H groups in total. The average Bonchev–Trinajstić information content (AvgIpc) is 2.96. The molecule has 0 unspecified atom stereocenters. The minimum atomic E-state index is -0.799. The Kier molecular flexibility index (Phi) is 6.06. The molecule has 2 aromatic rings. The molecular formula is C21H21NO6. The number of hydrogen-bond donors (Lipinski definition) is 0. The van der Waals surface area contributed by atoms with Crippen LogP contribution in [-0.4, -0.2) is 43.7 Å². The Morgan fingerprint density at radius 1 is 0.964 bits per heavy atom. The molecule has 0 fully saturated rings. The summed E-state index contributed by atoms with van der Waals surface area (Å²) in [7, 11) is 0. The summed E-state index contributed by atoms with van der Waals surface area (Å²) in [6, 6.07) is 13.1. The molecular weight excluding hydrogens is 362 g/mol. The molecule has 1 heterocycles. The molecule has 0 saturated carbocycles. The van der Waals surface area contributed by atoms with Gasteiger partial charge in [-0.05, 0) is 50.2 Å². The van der Waals surface area contributed by atoms with E-state index in [-0.39, 0.29) is 18.4 Å². The highest BCUT2D eigenvalue weighted by molar-refractivity contribution is 6.34. The van der Waals surface area contributed by atoms with Crippen molar-refractivity contribution in [3.05, 3.63) is 59.7 Å². The van der Waals surface area contributed by atoms with Crippen LogP contribution in [0.4, 0.5) is 5.69 Å². The van der Waals surface area contributed by atoms with E-state index in [4.69, 9.17) is 14.2 Å². The van der Waals surface area contributed by atoms with Gasteiger partial charge in [-0.2, -0.15) is 0 Å². The Bertz CT molecular complexity index is 842. The topological polar surface area (TPSA) is 82.1 Å². The van der Waals surface area contributed by atoms with Crippen molar-refractivity contribution in [3.8, 4) is 5.75 Å². The van der Waals surface area contributed by atoms with Crippen LogP contribution in [-0.2, 0) is 14.3 Å². The first-order valence-corrected chi connectivity index (χ1v) is 9.02. The second-order valence-corrected chi connectivity index (χ2v) is 6.11. The van der Waals surface area contributed by atoms with E-state index in [1.54, 1.807) is 55.5 Å². The van der Waals surface area contributed by atoms with Crippen molar-refractivity contribution >= 4 is 23.5 Å². The molecule has 7 heteroatoms. The lowest BCUT2D eigenvalue weighted by Gasteiger charge is -2.16. The van der Waals surface area contributed by atoms with Gasteiger partial charge < -0.3 is 14.2 Å². The molecule has 0 spiro atoms. The van der Waals surface area contributed by atoms with Gasteiger partial charge in [0, 0.05) is 6.61 Å². The van der Waals surface area contributed by atoms with E-state index < -0.39 is 12.1 Å². The molecule has 1 atom stereocenters. The molecule has 0 bridgehead atoms. The zero-order valence-corrected chi connectivity index (χ0v) is 15.7. The number of hydrogen-bond acceptors (Lipinski definition) is 6. The van der Waals surface area contributed by atoms with Gasteiger partial charge in [-0.1, -0.05) is 12.1 Å². The van der Waals surface area contributed by atoms with Crippen molar-refractivity contribution < 1.29 is 28.6 Å². The summed E-state index contributed by atoms with van der Waals surface area (Å²) in [5.74, 6) is -0.792. The van der Waals surface area contributed by atoms with Crippen LogP contribution in [0.3, 0.4) is 0 Å². The molecule has 2 amide bonds. The van der Waals surface area contributed by atoms with Crippen LogP contribution in [0.5, 0.6) is 5.75 Å². The standard InChI is InChI=1S/C21H21NO6/c1-3-26-12-13-27-21(25)14(2)28-16-10-8-15(9-11-16)22-19(23)17-6-4-5-7-18(17)20(22)24/h4-11,14H,3,12-13H2,1-2H3/t14-/m0/s1. The van der Waals surface area contributed by atoms with Gasteiger partial charge in [-0.3, -0.25) is 9.59 Å². The van der Waals surface area contributed by atoms with E-state index >= 15 is 0 Å². The lowest BCUT2D eigenvalue weighted by molar-refractivity contribution is -0.152. The molecule has 0 aromatic heterocycles.